The van der Waals surface area contributed by atoms with Crippen molar-refractivity contribution in [3.63, 3.8) is 0 Å². The molecule has 0 aromatic carbocycles. The number of carbonyl (C=O) groups is 1. The number of guanidine groups is 1. The van der Waals surface area contributed by atoms with E-state index >= 15 is 0 Å². The predicted molar refractivity (Wildman–Crippen MR) is 96.3 cm³/mol. The van der Waals surface area contributed by atoms with Crippen LogP contribution < -0.4 is 10.6 Å². The van der Waals surface area contributed by atoms with Crippen LogP contribution in [0.2, 0.25) is 0 Å². The Morgan fingerprint density at radius 3 is 2.71 bits per heavy atom. The van der Waals surface area contributed by atoms with Crippen LogP contribution in [0.4, 0.5) is 0 Å². The molecule has 0 saturated carbocycles. The summed E-state index contributed by atoms with van der Waals surface area (Å²) in [5.74, 6) is 0.935. The van der Waals surface area contributed by atoms with Crippen LogP contribution in [-0.4, -0.2) is 75.4 Å². The highest BCUT2D eigenvalue weighted by atomic mass is 16.5. The lowest BCUT2D eigenvalue weighted by atomic mass is 10.3. The standard InChI is InChI=1S/C17H34N4O3/c1-4-18-17(20-11-8-16(22)21(5-2)6-3)19-10-7-12-24-15-9-13-23-14-15/h15H,4-14H2,1-3H3,(H2,18,19,20). The first kappa shape index (κ1) is 20.7. The topological polar surface area (TPSA) is 75.2 Å². The molecule has 0 aromatic heterocycles. The van der Waals surface area contributed by atoms with Crippen molar-refractivity contribution in [3.05, 3.63) is 0 Å². The van der Waals surface area contributed by atoms with Gasteiger partial charge in [0, 0.05) is 52.4 Å². The fourth-order valence-corrected chi connectivity index (χ4v) is 2.51. The Bertz CT molecular complexity index is 367. The predicted octanol–water partition coefficient (Wildman–Crippen LogP) is 0.996. The minimum absolute atomic E-state index is 0.176. The van der Waals surface area contributed by atoms with Crippen molar-refractivity contribution < 1.29 is 14.3 Å². The maximum Gasteiger partial charge on any atom is 0.224 e. The lowest BCUT2D eigenvalue weighted by Gasteiger charge is -2.19. The Kier molecular flexibility index (Phi) is 11.2. The molecule has 0 spiro atoms. The highest BCUT2D eigenvalue weighted by Gasteiger charge is 2.15. The van der Waals surface area contributed by atoms with Gasteiger partial charge in [0.1, 0.15) is 0 Å². The SMILES string of the molecule is CCNC(=NCCCOC1CCOC1)NCCC(=O)N(CC)CC. The van der Waals surface area contributed by atoms with Gasteiger partial charge in [-0.05, 0) is 33.6 Å². The fourth-order valence-electron chi connectivity index (χ4n) is 2.51. The zero-order valence-electron chi connectivity index (χ0n) is 15.5. The Morgan fingerprint density at radius 1 is 1.29 bits per heavy atom. The van der Waals surface area contributed by atoms with Crippen LogP contribution in [0.25, 0.3) is 0 Å². The molecule has 2 N–H and O–H groups in total. The molecule has 1 saturated heterocycles. The lowest BCUT2D eigenvalue weighted by Crippen LogP contribution is -2.40. The zero-order valence-corrected chi connectivity index (χ0v) is 15.5. The molecule has 140 valence electrons. The minimum atomic E-state index is 0.176. The van der Waals surface area contributed by atoms with Crippen LogP contribution in [0.1, 0.15) is 40.0 Å². The van der Waals surface area contributed by atoms with Gasteiger partial charge in [-0.25, -0.2) is 0 Å². The van der Waals surface area contributed by atoms with Gasteiger partial charge < -0.3 is 25.0 Å². The number of aliphatic imine (C=N–C) groups is 1. The van der Waals surface area contributed by atoms with Crippen LogP contribution >= 0.6 is 0 Å². The maximum atomic E-state index is 12.0. The fraction of sp³-hybridized carbons (Fsp3) is 0.882. The van der Waals surface area contributed by atoms with Gasteiger partial charge in [0.15, 0.2) is 5.96 Å². The van der Waals surface area contributed by atoms with Crippen molar-refractivity contribution in [3.8, 4) is 0 Å². The van der Waals surface area contributed by atoms with Gasteiger partial charge >= 0.3 is 0 Å². The highest BCUT2D eigenvalue weighted by molar-refractivity contribution is 5.81. The van der Waals surface area contributed by atoms with Crippen LogP contribution in [-0.2, 0) is 14.3 Å². The second-order valence-electron chi connectivity index (χ2n) is 5.71. The molecule has 1 amide bonds. The largest absolute Gasteiger partial charge is 0.379 e. The summed E-state index contributed by atoms with van der Waals surface area (Å²) in [5, 5.41) is 6.42. The van der Waals surface area contributed by atoms with E-state index < -0.39 is 0 Å². The number of amides is 1. The third-order valence-corrected chi connectivity index (χ3v) is 3.91. The highest BCUT2D eigenvalue weighted by Crippen LogP contribution is 2.08. The monoisotopic (exact) mass is 342 g/mol. The Hall–Kier alpha value is -1.34. The molecule has 1 unspecified atom stereocenters. The van der Waals surface area contributed by atoms with Gasteiger partial charge in [0.2, 0.25) is 5.91 Å². The summed E-state index contributed by atoms with van der Waals surface area (Å²) < 4.78 is 11.0. The van der Waals surface area contributed by atoms with E-state index in [0.29, 0.717) is 32.7 Å². The molecule has 1 atom stereocenters. The number of ether oxygens (including phenoxy) is 2. The van der Waals surface area contributed by atoms with Gasteiger partial charge in [-0.1, -0.05) is 0 Å². The first-order valence-corrected chi connectivity index (χ1v) is 9.20. The molecule has 1 heterocycles. The molecule has 1 fully saturated rings. The second kappa shape index (κ2) is 13.0. The van der Waals surface area contributed by atoms with Crippen molar-refractivity contribution in [1.82, 2.24) is 15.5 Å². The molecule has 0 bridgehead atoms. The van der Waals surface area contributed by atoms with Gasteiger partial charge in [0.05, 0.1) is 12.7 Å². The summed E-state index contributed by atoms with van der Waals surface area (Å²) in [5.41, 5.74) is 0. The van der Waals surface area contributed by atoms with E-state index in [2.05, 4.69) is 15.6 Å². The van der Waals surface area contributed by atoms with E-state index in [1.807, 2.05) is 25.7 Å². The minimum Gasteiger partial charge on any atom is -0.379 e. The van der Waals surface area contributed by atoms with Crippen molar-refractivity contribution in [2.45, 2.75) is 46.1 Å². The summed E-state index contributed by atoms with van der Waals surface area (Å²) >= 11 is 0. The smallest absolute Gasteiger partial charge is 0.224 e. The number of rotatable bonds is 11. The second-order valence-corrected chi connectivity index (χ2v) is 5.71. The van der Waals surface area contributed by atoms with Crippen LogP contribution in [0.3, 0.4) is 0 Å². The van der Waals surface area contributed by atoms with Crippen molar-refractivity contribution in [2.75, 3.05) is 52.5 Å². The van der Waals surface area contributed by atoms with Gasteiger partial charge in [-0.15, -0.1) is 0 Å². The molecular weight excluding hydrogens is 308 g/mol. The number of hydrogen-bond acceptors (Lipinski definition) is 4. The molecule has 0 aromatic rings. The molecule has 1 aliphatic heterocycles. The third-order valence-electron chi connectivity index (χ3n) is 3.91. The van der Waals surface area contributed by atoms with E-state index in [4.69, 9.17) is 9.47 Å². The molecule has 0 aliphatic carbocycles. The summed E-state index contributed by atoms with van der Waals surface area (Å²) in [4.78, 5) is 18.3. The first-order chi connectivity index (χ1) is 11.7. The third kappa shape index (κ3) is 8.49. The van der Waals surface area contributed by atoms with Crippen LogP contribution in [0, 0.1) is 0 Å². The van der Waals surface area contributed by atoms with Crippen LogP contribution in [0.5, 0.6) is 0 Å². The Morgan fingerprint density at radius 2 is 2.08 bits per heavy atom. The molecule has 0 radical (unpaired) electrons. The summed E-state index contributed by atoms with van der Waals surface area (Å²) in [6, 6.07) is 0. The molecule has 7 nitrogen and oxygen atoms in total. The quantitative estimate of drug-likeness (QED) is 0.333. The summed E-state index contributed by atoms with van der Waals surface area (Å²) in [6.07, 6.45) is 2.61. The lowest BCUT2D eigenvalue weighted by molar-refractivity contribution is -0.130. The van der Waals surface area contributed by atoms with Gasteiger partial charge in [0.25, 0.3) is 0 Å². The van der Waals surface area contributed by atoms with E-state index in [0.717, 1.165) is 45.0 Å². The number of carbonyl (C=O) groups excluding carboxylic acids is 1. The van der Waals surface area contributed by atoms with E-state index in [1.165, 1.54) is 0 Å². The Balaban J connectivity index is 2.20. The summed E-state index contributed by atoms with van der Waals surface area (Å²) in [7, 11) is 0. The molecular formula is C17H34N4O3. The Labute approximate surface area is 146 Å². The first-order valence-electron chi connectivity index (χ1n) is 9.20. The molecule has 1 rings (SSSR count). The molecule has 7 heteroatoms. The molecule has 1 aliphatic rings. The average Bonchev–Trinajstić information content (AvgIpc) is 3.09. The van der Waals surface area contributed by atoms with E-state index in [1.54, 1.807) is 0 Å². The maximum absolute atomic E-state index is 12.0. The van der Waals surface area contributed by atoms with Gasteiger partial charge in [-0.3, -0.25) is 9.79 Å². The number of nitrogens with one attached hydrogen (secondary N) is 2. The average molecular weight is 342 g/mol. The van der Waals surface area contributed by atoms with E-state index in [-0.39, 0.29) is 12.0 Å². The number of nitrogens with zero attached hydrogens (tertiary/aromatic N) is 2. The number of hydrogen-bond donors (Lipinski definition) is 2. The van der Waals surface area contributed by atoms with E-state index in [9.17, 15) is 4.79 Å². The zero-order chi connectivity index (χ0) is 17.6. The normalized spacial score (nSPS) is 17.8. The van der Waals surface area contributed by atoms with Gasteiger partial charge in [-0.2, -0.15) is 0 Å². The van der Waals surface area contributed by atoms with Crippen LogP contribution in [0.15, 0.2) is 4.99 Å². The van der Waals surface area contributed by atoms with Crippen molar-refractivity contribution >= 4 is 11.9 Å². The summed E-state index contributed by atoms with van der Waals surface area (Å²) in [6.45, 7) is 11.9. The van der Waals surface area contributed by atoms with Crippen molar-refractivity contribution in [1.29, 1.82) is 0 Å². The van der Waals surface area contributed by atoms with Crippen molar-refractivity contribution in [2.24, 2.45) is 4.99 Å². The molecule has 24 heavy (non-hydrogen) atoms.